The van der Waals surface area contributed by atoms with Gasteiger partial charge in [-0.25, -0.2) is 4.98 Å². The maximum atomic E-state index is 11.5. The first kappa shape index (κ1) is 20.2. The number of nitrogens with zero attached hydrogens (tertiary/aromatic N) is 1. The fraction of sp³-hybridized carbons (Fsp3) is 0.368. The van der Waals surface area contributed by atoms with Crippen LogP contribution in [0, 0.1) is 0 Å². The van der Waals surface area contributed by atoms with Crippen molar-refractivity contribution in [3.8, 4) is 17.2 Å². The lowest BCUT2D eigenvalue weighted by molar-refractivity contribution is -0.229. The van der Waals surface area contributed by atoms with Crippen LogP contribution in [-0.2, 0) is 4.74 Å². The highest BCUT2D eigenvalue weighted by Gasteiger charge is 2.37. The monoisotopic (exact) mass is 391 g/mol. The normalized spacial score (nSPS) is 24.6. The third-order valence-corrected chi connectivity index (χ3v) is 4.31. The summed E-state index contributed by atoms with van der Waals surface area (Å²) in [6.07, 6.45) is -3.91. The molecule has 1 fully saturated rings. The van der Waals surface area contributed by atoms with Crippen LogP contribution in [0.25, 0.3) is 22.6 Å². The molecule has 0 bridgehead atoms. The SMILES string of the molecule is CO.O=c1ccc2nc3ccc(O[C@H]4C[C@@H](O)[C@@H](O)[C@@H](CO)O4)cc3oc-2c1. The van der Waals surface area contributed by atoms with Gasteiger partial charge in [-0.1, -0.05) is 0 Å². The molecule has 1 aromatic carbocycles. The van der Waals surface area contributed by atoms with Crippen LogP contribution >= 0.6 is 0 Å². The number of aromatic nitrogens is 1. The molecule has 2 aliphatic heterocycles. The third-order valence-electron chi connectivity index (χ3n) is 4.31. The maximum Gasteiger partial charge on any atom is 0.202 e. The van der Waals surface area contributed by atoms with Crippen molar-refractivity contribution in [1.82, 2.24) is 4.98 Å². The Morgan fingerprint density at radius 3 is 2.71 bits per heavy atom. The van der Waals surface area contributed by atoms with E-state index in [0.29, 0.717) is 28.3 Å². The van der Waals surface area contributed by atoms with E-state index in [-0.39, 0.29) is 11.8 Å². The van der Waals surface area contributed by atoms with Crippen molar-refractivity contribution in [2.45, 2.75) is 31.0 Å². The average molecular weight is 391 g/mol. The molecule has 1 aliphatic carbocycles. The third kappa shape index (κ3) is 4.13. The molecule has 0 saturated carbocycles. The lowest BCUT2D eigenvalue weighted by Crippen LogP contribution is -2.51. The van der Waals surface area contributed by atoms with Crippen LogP contribution in [0.2, 0.25) is 0 Å². The van der Waals surface area contributed by atoms with Gasteiger partial charge in [0.15, 0.2) is 16.8 Å². The molecule has 9 heteroatoms. The molecule has 0 aromatic heterocycles. The summed E-state index contributed by atoms with van der Waals surface area (Å²) in [6.45, 7) is -0.432. The Morgan fingerprint density at radius 1 is 1.18 bits per heavy atom. The van der Waals surface area contributed by atoms with Gasteiger partial charge < -0.3 is 34.3 Å². The van der Waals surface area contributed by atoms with Gasteiger partial charge in [0.05, 0.1) is 12.7 Å². The van der Waals surface area contributed by atoms with Crippen molar-refractivity contribution >= 4 is 11.1 Å². The minimum absolute atomic E-state index is 0.0579. The number of hydrogen-bond acceptors (Lipinski definition) is 9. The van der Waals surface area contributed by atoms with Gasteiger partial charge in [-0.05, 0) is 24.3 Å². The van der Waals surface area contributed by atoms with Crippen LogP contribution < -0.4 is 10.2 Å². The van der Waals surface area contributed by atoms with Crippen molar-refractivity contribution in [2.75, 3.05) is 13.7 Å². The van der Waals surface area contributed by atoms with Crippen LogP contribution in [0.4, 0.5) is 0 Å². The van der Waals surface area contributed by atoms with Gasteiger partial charge in [0, 0.05) is 25.7 Å². The zero-order chi connectivity index (χ0) is 20.3. The van der Waals surface area contributed by atoms with Crippen molar-refractivity contribution in [1.29, 1.82) is 0 Å². The summed E-state index contributed by atoms with van der Waals surface area (Å²) < 4.78 is 16.9. The Labute approximate surface area is 159 Å². The molecule has 0 radical (unpaired) electrons. The minimum atomic E-state index is -1.16. The molecule has 0 unspecified atom stereocenters. The van der Waals surface area contributed by atoms with Gasteiger partial charge in [-0.3, -0.25) is 4.79 Å². The Bertz CT molecular complexity index is 958. The van der Waals surface area contributed by atoms with Crippen molar-refractivity contribution in [2.24, 2.45) is 0 Å². The number of benzene rings is 2. The maximum absolute atomic E-state index is 11.5. The summed E-state index contributed by atoms with van der Waals surface area (Å²) in [6, 6.07) is 9.37. The summed E-state index contributed by atoms with van der Waals surface area (Å²) in [4.78, 5) is 15.9. The van der Waals surface area contributed by atoms with Gasteiger partial charge in [0.25, 0.3) is 0 Å². The van der Waals surface area contributed by atoms with Crippen LogP contribution in [0.15, 0.2) is 45.6 Å². The van der Waals surface area contributed by atoms with Crippen LogP contribution in [0.3, 0.4) is 0 Å². The molecule has 0 amide bonds. The second-order valence-electron chi connectivity index (χ2n) is 6.17. The zero-order valence-corrected chi connectivity index (χ0v) is 15.1. The number of ether oxygens (including phenoxy) is 2. The van der Waals surface area contributed by atoms with Crippen molar-refractivity contribution in [3.63, 3.8) is 0 Å². The number of hydrogen-bond donors (Lipinski definition) is 4. The van der Waals surface area contributed by atoms with Crippen molar-refractivity contribution < 1.29 is 34.3 Å². The molecule has 1 aromatic rings. The summed E-state index contributed by atoms with van der Waals surface area (Å²) >= 11 is 0. The molecule has 150 valence electrons. The summed E-state index contributed by atoms with van der Waals surface area (Å²) in [5.74, 6) is 0.779. The standard InChI is InChI=1S/C18H17NO7.CH4O/c20-8-16-18(23)13(22)7-17(26-16)24-10-2-4-12-15(6-10)25-14-5-9(21)1-3-11(14)19-12;1-2/h1-6,13,16-18,20,22-23H,7-8H2;2H,1H3/t13-,16-,17-,18-;/m1./s1. The number of fused-ring (bicyclic) bond motifs is 2. The van der Waals surface area contributed by atoms with E-state index in [1.165, 1.54) is 12.1 Å². The van der Waals surface area contributed by atoms with Gasteiger partial charge in [-0.15, -0.1) is 0 Å². The van der Waals surface area contributed by atoms with E-state index < -0.39 is 31.2 Å². The molecule has 1 saturated heterocycles. The predicted molar refractivity (Wildman–Crippen MR) is 98.0 cm³/mol. The highest BCUT2D eigenvalue weighted by atomic mass is 16.7. The second-order valence-corrected chi connectivity index (χ2v) is 6.17. The number of aliphatic hydroxyl groups excluding tert-OH is 4. The van der Waals surface area contributed by atoms with E-state index >= 15 is 0 Å². The van der Waals surface area contributed by atoms with E-state index in [1.807, 2.05) is 0 Å². The lowest BCUT2D eigenvalue weighted by Gasteiger charge is -2.36. The summed E-state index contributed by atoms with van der Waals surface area (Å²) in [7, 11) is 1.00. The molecular weight excluding hydrogens is 370 g/mol. The first-order valence-corrected chi connectivity index (χ1v) is 8.62. The van der Waals surface area contributed by atoms with E-state index in [4.69, 9.17) is 19.0 Å². The minimum Gasteiger partial charge on any atom is -0.465 e. The van der Waals surface area contributed by atoms with E-state index in [2.05, 4.69) is 4.98 Å². The fourth-order valence-electron chi connectivity index (χ4n) is 2.95. The van der Waals surface area contributed by atoms with Crippen LogP contribution in [-0.4, -0.2) is 63.7 Å². The number of aliphatic hydroxyl groups is 4. The molecule has 3 aliphatic rings. The Kier molecular flexibility index (Phi) is 6.22. The molecule has 4 rings (SSSR count). The summed E-state index contributed by atoms with van der Waals surface area (Å²) in [5.41, 5.74) is 1.42. The molecule has 4 atom stereocenters. The smallest absolute Gasteiger partial charge is 0.202 e. The van der Waals surface area contributed by atoms with Gasteiger partial charge in [0.2, 0.25) is 6.29 Å². The van der Waals surface area contributed by atoms with E-state index in [1.54, 1.807) is 24.3 Å². The van der Waals surface area contributed by atoms with Crippen LogP contribution in [0.5, 0.6) is 5.75 Å². The van der Waals surface area contributed by atoms with Gasteiger partial charge in [0.1, 0.15) is 29.2 Å². The topological polar surface area (TPSA) is 142 Å². The first-order valence-electron chi connectivity index (χ1n) is 8.62. The fourth-order valence-corrected chi connectivity index (χ4v) is 2.95. The van der Waals surface area contributed by atoms with Crippen molar-refractivity contribution in [3.05, 3.63) is 46.6 Å². The lowest BCUT2D eigenvalue weighted by atomic mass is 10.0. The quantitative estimate of drug-likeness (QED) is 0.457. The zero-order valence-electron chi connectivity index (χ0n) is 15.1. The Hall–Kier alpha value is -2.56. The Morgan fingerprint density at radius 2 is 1.96 bits per heavy atom. The molecule has 9 nitrogen and oxygen atoms in total. The van der Waals surface area contributed by atoms with E-state index in [0.717, 1.165) is 7.11 Å². The van der Waals surface area contributed by atoms with E-state index in [9.17, 15) is 20.1 Å². The molecular formula is C19H21NO8. The summed E-state index contributed by atoms with van der Waals surface area (Å²) in [5, 5.41) is 35.8. The molecule has 28 heavy (non-hydrogen) atoms. The highest BCUT2D eigenvalue weighted by Crippen LogP contribution is 2.28. The largest absolute Gasteiger partial charge is 0.465 e. The number of rotatable bonds is 3. The highest BCUT2D eigenvalue weighted by molar-refractivity contribution is 5.77. The molecule has 2 heterocycles. The molecule has 0 spiro atoms. The Balaban J connectivity index is 0.00000109. The average Bonchev–Trinajstić information content (AvgIpc) is 2.70. The van der Waals surface area contributed by atoms with Crippen LogP contribution in [0.1, 0.15) is 6.42 Å². The second kappa shape index (κ2) is 8.63. The predicted octanol–water partition coefficient (Wildman–Crippen LogP) is 0.109. The first-order chi connectivity index (χ1) is 13.5. The van der Waals surface area contributed by atoms with Gasteiger partial charge in [-0.2, -0.15) is 0 Å². The molecule has 4 N–H and O–H groups in total. The van der Waals surface area contributed by atoms with Gasteiger partial charge >= 0.3 is 0 Å².